The molecular formula is C13H20FNO. The van der Waals surface area contributed by atoms with Crippen LogP contribution in [-0.2, 0) is 4.74 Å². The van der Waals surface area contributed by atoms with Gasteiger partial charge in [-0.3, -0.25) is 0 Å². The fourth-order valence-electron chi connectivity index (χ4n) is 1.92. The molecule has 0 heterocycles. The quantitative estimate of drug-likeness (QED) is 0.752. The molecule has 0 aromatic heterocycles. The molecule has 1 unspecified atom stereocenters. The molecule has 0 saturated heterocycles. The second-order valence-electron chi connectivity index (χ2n) is 3.98. The van der Waals surface area contributed by atoms with E-state index in [1.807, 2.05) is 20.0 Å². The smallest absolute Gasteiger partial charge is 0.123 e. The summed E-state index contributed by atoms with van der Waals surface area (Å²) >= 11 is 0. The Kier molecular flexibility index (Phi) is 5.43. The molecule has 1 atom stereocenters. The van der Waals surface area contributed by atoms with Gasteiger partial charge in [0.05, 0.1) is 0 Å². The Balaban J connectivity index is 2.70. The first kappa shape index (κ1) is 13.1. The van der Waals surface area contributed by atoms with Crippen LogP contribution in [0.2, 0.25) is 0 Å². The third kappa shape index (κ3) is 3.58. The van der Waals surface area contributed by atoms with Crippen molar-refractivity contribution in [2.24, 2.45) is 0 Å². The first-order valence-corrected chi connectivity index (χ1v) is 5.61. The number of hydrogen-bond acceptors (Lipinski definition) is 2. The SMILES string of the molecule is CNC(CCCOC)c1ccc(F)cc1C. The molecule has 90 valence electrons. The van der Waals surface area contributed by atoms with E-state index in [9.17, 15) is 4.39 Å². The van der Waals surface area contributed by atoms with E-state index >= 15 is 0 Å². The van der Waals surface area contributed by atoms with Crippen molar-refractivity contribution >= 4 is 0 Å². The van der Waals surface area contributed by atoms with Gasteiger partial charge in [0.2, 0.25) is 0 Å². The predicted molar refractivity (Wildman–Crippen MR) is 64.0 cm³/mol. The van der Waals surface area contributed by atoms with Crippen LogP contribution in [-0.4, -0.2) is 20.8 Å². The third-order valence-electron chi connectivity index (χ3n) is 2.80. The molecule has 0 fully saturated rings. The summed E-state index contributed by atoms with van der Waals surface area (Å²) in [6, 6.07) is 5.23. The van der Waals surface area contributed by atoms with Gasteiger partial charge >= 0.3 is 0 Å². The maximum absolute atomic E-state index is 13.0. The van der Waals surface area contributed by atoms with Gasteiger partial charge in [-0.1, -0.05) is 6.07 Å². The molecule has 0 aliphatic rings. The standard InChI is InChI=1S/C13H20FNO/c1-10-9-11(14)6-7-12(10)13(15-2)5-4-8-16-3/h6-7,9,13,15H,4-5,8H2,1-3H3. The summed E-state index contributed by atoms with van der Waals surface area (Å²) in [6.07, 6.45) is 2.00. The lowest BCUT2D eigenvalue weighted by Crippen LogP contribution is -2.18. The normalized spacial score (nSPS) is 12.8. The molecule has 3 heteroatoms. The number of aryl methyl sites for hydroxylation is 1. The van der Waals surface area contributed by atoms with Crippen molar-refractivity contribution in [2.75, 3.05) is 20.8 Å². The molecule has 0 spiro atoms. The first-order chi connectivity index (χ1) is 7.69. The Bertz CT molecular complexity index is 328. The number of hydrogen-bond donors (Lipinski definition) is 1. The summed E-state index contributed by atoms with van der Waals surface area (Å²) in [4.78, 5) is 0. The van der Waals surface area contributed by atoms with Gasteiger partial charge in [-0.15, -0.1) is 0 Å². The van der Waals surface area contributed by atoms with Crippen molar-refractivity contribution in [1.82, 2.24) is 5.32 Å². The van der Waals surface area contributed by atoms with Crippen LogP contribution in [0.25, 0.3) is 0 Å². The van der Waals surface area contributed by atoms with E-state index in [0.29, 0.717) is 0 Å². The molecule has 0 radical (unpaired) electrons. The van der Waals surface area contributed by atoms with Gasteiger partial charge in [-0.25, -0.2) is 4.39 Å². The van der Waals surface area contributed by atoms with Gasteiger partial charge in [0.25, 0.3) is 0 Å². The number of ether oxygens (including phenoxy) is 1. The van der Waals surface area contributed by atoms with E-state index in [4.69, 9.17) is 4.74 Å². The van der Waals surface area contributed by atoms with Crippen molar-refractivity contribution in [3.05, 3.63) is 35.1 Å². The van der Waals surface area contributed by atoms with Gasteiger partial charge in [0.15, 0.2) is 0 Å². The van der Waals surface area contributed by atoms with Crippen LogP contribution >= 0.6 is 0 Å². The lowest BCUT2D eigenvalue weighted by atomic mass is 9.97. The van der Waals surface area contributed by atoms with E-state index in [0.717, 1.165) is 25.0 Å². The van der Waals surface area contributed by atoms with Crippen LogP contribution in [0.4, 0.5) is 4.39 Å². The molecule has 1 aromatic carbocycles. The second-order valence-corrected chi connectivity index (χ2v) is 3.98. The molecule has 0 saturated carbocycles. The minimum atomic E-state index is -0.173. The lowest BCUT2D eigenvalue weighted by molar-refractivity contribution is 0.189. The van der Waals surface area contributed by atoms with Crippen molar-refractivity contribution in [3.8, 4) is 0 Å². The van der Waals surface area contributed by atoms with Crippen molar-refractivity contribution < 1.29 is 9.13 Å². The summed E-state index contributed by atoms with van der Waals surface area (Å²) < 4.78 is 18.0. The predicted octanol–water partition coefficient (Wildman–Crippen LogP) is 2.82. The molecule has 16 heavy (non-hydrogen) atoms. The monoisotopic (exact) mass is 225 g/mol. The average Bonchev–Trinajstić information content (AvgIpc) is 2.26. The molecule has 1 rings (SSSR count). The fourth-order valence-corrected chi connectivity index (χ4v) is 1.92. The second kappa shape index (κ2) is 6.61. The third-order valence-corrected chi connectivity index (χ3v) is 2.80. The van der Waals surface area contributed by atoms with Gasteiger partial charge in [0.1, 0.15) is 5.82 Å². The van der Waals surface area contributed by atoms with Gasteiger partial charge in [0, 0.05) is 19.8 Å². The van der Waals surface area contributed by atoms with Crippen molar-refractivity contribution in [1.29, 1.82) is 0 Å². The molecule has 1 N–H and O–H groups in total. The first-order valence-electron chi connectivity index (χ1n) is 5.61. The van der Waals surface area contributed by atoms with E-state index in [2.05, 4.69) is 5.32 Å². The summed E-state index contributed by atoms with van der Waals surface area (Å²) in [7, 11) is 3.64. The summed E-state index contributed by atoms with van der Waals surface area (Å²) in [6.45, 7) is 2.71. The maximum atomic E-state index is 13.0. The fraction of sp³-hybridized carbons (Fsp3) is 0.538. The summed E-state index contributed by atoms with van der Waals surface area (Å²) in [5, 5.41) is 3.26. The highest BCUT2D eigenvalue weighted by Gasteiger charge is 2.11. The van der Waals surface area contributed by atoms with E-state index < -0.39 is 0 Å². The van der Waals surface area contributed by atoms with E-state index in [-0.39, 0.29) is 11.9 Å². The molecule has 0 aliphatic heterocycles. The summed E-state index contributed by atoms with van der Waals surface area (Å²) in [5.41, 5.74) is 2.16. The highest BCUT2D eigenvalue weighted by Crippen LogP contribution is 2.22. The number of methoxy groups -OCH3 is 1. The largest absolute Gasteiger partial charge is 0.385 e. The Morgan fingerprint density at radius 1 is 1.44 bits per heavy atom. The maximum Gasteiger partial charge on any atom is 0.123 e. The van der Waals surface area contributed by atoms with Crippen LogP contribution in [0.3, 0.4) is 0 Å². The zero-order chi connectivity index (χ0) is 12.0. The zero-order valence-corrected chi connectivity index (χ0v) is 10.2. The number of rotatable bonds is 6. The van der Waals surface area contributed by atoms with Crippen LogP contribution in [0.1, 0.15) is 30.0 Å². The Morgan fingerprint density at radius 3 is 2.75 bits per heavy atom. The van der Waals surface area contributed by atoms with Crippen LogP contribution in [0, 0.1) is 12.7 Å². The van der Waals surface area contributed by atoms with Crippen LogP contribution in [0.5, 0.6) is 0 Å². The van der Waals surface area contributed by atoms with Gasteiger partial charge < -0.3 is 10.1 Å². The molecular weight excluding hydrogens is 205 g/mol. The highest BCUT2D eigenvalue weighted by molar-refractivity contribution is 5.29. The van der Waals surface area contributed by atoms with E-state index in [1.54, 1.807) is 13.2 Å². The molecule has 0 bridgehead atoms. The van der Waals surface area contributed by atoms with Crippen LogP contribution in [0.15, 0.2) is 18.2 Å². The van der Waals surface area contributed by atoms with E-state index in [1.165, 1.54) is 11.6 Å². The number of benzene rings is 1. The van der Waals surface area contributed by atoms with Crippen LogP contribution < -0.4 is 5.32 Å². The van der Waals surface area contributed by atoms with Gasteiger partial charge in [-0.2, -0.15) is 0 Å². The molecule has 1 aromatic rings. The summed E-state index contributed by atoms with van der Waals surface area (Å²) in [5.74, 6) is -0.173. The Hall–Kier alpha value is -0.930. The minimum Gasteiger partial charge on any atom is -0.385 e. The lowest BCUT2D eigenvalue weighted by Gasteiger charge is -2.18. The Labute approximate surface area is 96.8 Å². The average molecular weight is 225 g/mol. The van der Waals surface area contributed by atoms with Crippen molar-refractivity contribution in [2.45, 2.75) is 25.8 Å². The minimum absolute atomic E-state index is 0.173. The Morgan fingerprint density at radius 2 is 2.19 bits per heavy atom. The molecule has 0 aliphatic carbocycles. The van der Waals surface area contributed by atoms with Gasteiger partial charge in [-0.05, 0) is 50.1 Å². The zero-order valence-electron chi connectivity index (χ0n) is 10.2. The number of halogens is 1. The molecule has 0 amide bonds. The number of nitrogens with one attached hydrogen (secondary N) is 1. The molecule has 2 nitrogen and oxygen atoms in total. The highest BCUT2D eigenvalue weighted by atomic mass is 19.1. The topological polar surface area (TPSA) is 21.3 Å². The van der Waals surface area contributed by atoms with Crippen molar-refractivity contribution in [3.63, 3.8) is 0 Å².